The molecule has 5 rings (SSSR count). The molecule has 2 heterocycles. The Labute approximate surface area is 137 Å². The Kier molecular flexibility index (Phi) is 2.65. The lowest BCUT2D eigenvalue weighted by molar-refractivity contribution is 0.563. The number of para-hydroxylation sites is 3. The molecular formula is C21H13NO2. The molecule has 3 nitrogen and oxygen atoms in total. The van der Waals surface area contributed by atoms with Gasteiger partial charge >= 0.3 is 5.63 Å². The number of aromatic nitrogens is 1. The predicted molar refractivity (Wildman–Crippen MR) is 97.3 cm³/mol. The van der Waals surface area contributed by atoms with Crippen LogP contribution in [0.2, 0.25) is 0 Å². The van der Waals surface area contributed by atoms with Crippen LogP contribution in [0.25, 0.3) is 43.9 Å². The summed E-state index contributed by atoms with van der Waals surface area (Å²) in [5.74, 6) is 0. The normalized spacial score (nSPS) is 11.5. The maximum absolute atomic E-state index is 12.5. The van der Waals surface area contributed by atoms with E-state index >= 15 is 0 Å². The van der Waals surface area contributed by atoms with Gasteiger partial charge in [0.15, 0.2) is 0 Å². The molecule has 0 spiro atoms. The molecule has 114 valence electrons. The Hall–Kier alpha value is -3.33. The number of fused-ring (bicyclic) bond motifs is 4. The number of aromatic amines is 1. The van der Waals surface area contributed by atoms with E-state index in [4.69, 9.17) is 4.42 Å². The van der Waals surface area contributed by atoms with E-state index in [1.54, 1.807) is 0 Å². The van der Waals surface area contributed by atoms with Crippen LogP contribution in [0.5, 0.6) is 0 Å². The molecule has 3 aromatic carbocycles. The van der Waals surface area contributed by atoms with Crippen LogP contribution in [0.1, 0.15) is 0 Å². The molecule has 0 fully saturated rings. The lowest BCUT2D eigenvalue weighted by Gasteiger charge is -2.04. The van der Waals surface area contributed by atoms with Crippen molar-refractivity contribution in [1.82, 2.24) is 4.98 Å². The first-order chi connectivity index (χ1) is 11.8. The highest BCUT2D eigenvalue weighted by Gasteiger charge is 2.13. The van der Waals surface area contributed by atoms with Gasteiger partial charge in [0, 0.05) is 27.2 Å². The second kappa shape index (κ2) is 4.83. The van der Waals surface area contributed by atoms with Crippen LogP contribution in [-0.2, 0) is 0 Å². The van der Waals surface area contributed by atoms with Crippen molar-refractivity contribution in [3.63, 3.8) is 0 Å². The maximum atomic E-state index is 12.5. The van der Waals surface area contributed by atoms with Crippen molar-refractivity contribution in [2.45, 2.75) is 0 Å². The minimum absolute atomic E-state index is 0.320. The largest absolute Gasteiger partial charge is 0.422 e. The second-order valence-electron chi connectivity index (χ2n) is 5.88. The first kappa shape index (κ1) is 13.1. The van der Waals surface area contributed by atoms with Crippen LogP contribution in [-0.4, -0.2) is 4.98 Å². The highest BCUT2D eigenvalue weighted by molar-refractivity contribution is 6.11. The summed E-state index contributed by atoms with van der Waals surface area (Å²) in [6, 6.07) is 23.6. The molecule has 0 aliphatic rings. The van der Waals surface area contributed by atoms with Gasteiger partial charge in [0.2, 0.25) is 0 Å². The van der Waals surface area contributed by atoms with Crippen LogP contribution in [0.3, 0.4) is 0 Å². The topological polar surface area (TPSA) is 46.0 Å². The fourth-order valence-electron chi connectivity index (χ4n) is 3.35. The smallest absolute Gasteiger partial charge is 0.344 e. The average Bonchev–Trinajstić information content (AvgIpc) is 3.00. The molecule has 0 aliphatic carbocycles. The van der Waals surface area contributed by atoms with E-state index < -0.39 is 0 Å². The van der Waals surface area contributed by atoms with Crippen molar-refractivity contribution < 1.29 is 4.42 Å². The third-order valence-electron chi connectivity index (χ3n) is 4.47. The number of rotatable bonds is 1. The summed E-state index contributed by atoms with van der Waals surface area (Å²) >= 11 is 0. The summed E-state index contributed by atoms with van der Waals surface area (Å²) < 4.78 is 5.50. The predicted octanol–water partition coefficient (Wildman–Crippen LogP) is 5.09. The standard InChI is InChI=1S/C21H13NO2/c23-21-17(12-13-6-1-4-11-19(13)24-21)16-9-5-8-15-14-7-2-3-10-18(14)22-20(15)16/h1-12,22H. The molecule has 0 aliphatic heterocycles. The Morgan fingerprint density at radius 1 is 0.750 bits per heavy atom. The second-order valence-corrected chi connectivity index (χ2v) is 5.88. The summed E-state index contributed by atoms with van der Waals surface area (Å²) in [7, 11) is 0. The van der Waals surface area contributed by atoms with Gasteiger partial charge in [0.1, 0.15) is 5.58 Å². The van der Waals surface area contributed by atoms with Gasteiger partial charge in [-0.25, -0.2) is 4.79 Å². The van der Waals surface area contributed by atoms with Gasteiger partial charge in [0.25, 0.3) is 0 Å². The fourth-order valence-corrected chi connectivity index (χ4v) is 3.35. The molecule has 0 saturated heterocycles. The van der Waals surface area contributed by atoms with Crippen LogP contribution < -0.4 is 5.63 Å². The van der Waals surface area contributed by atoms with Crippen molar-refractivity contribution in [2.24, 2.45) is 0 Å². The van der Waals surface area contributed by atoms with Crippen LogP contribution in [0.15, 0.2) is 82.0 Å². The molecule has 1 N–H and O–H groups in total. The van der Waals surface area contributed by atoms with Crippen molar-refractivity contribution in [1.29, 1.82) is 0 Å². The van der Waals surface area contributed by atoms with Gasteiger partial charge in [-0.3, -0.25) is 0 Å². The van der Waals surface area contributed by atoms with E-state index in [9.17, 15) is 4.79 Å². The number of hydrogen-bond donors (Lipinski definition) is 1. The fraction of sp³-hybridized carbons (Fsp3) is 0. The third kappa shape index (κ3) is 1.82. The third-order valence-corrected chi connectivity index (χ3v) is 4.47. The maximum Gasteiger partial charge on any atom is 0.344 e. The van der Waals surface area contributed by atoms with Crippen LogP contribution >= 0.6 is 0 Å². The van der Waals surface area contributed by atoms with Crippen LogP contribution in [0, 0.1) is 0 Å². The minimum atomic E-state index is -0.320. The molecule has 0 amide bonds. The zero-order valence-electron chi connectivity index (χ0n) is 12.7. The van der Waals surface area contributed by atoms with E-state index in [-0.39, 0.29) is 5.63 Å². The van der Waals surface area contributed by atoms with E-state index in [1.807, 2.05) is 60.7 Å². The Bertz CT molecular complexity index is 1280. The Balaban J connectivity index is 1.89. The molecule has 0 saturated carbocycles. The monoisotopic (exact) mass is 311 g/mol. The summed E-state index contributed by atoms with van der Waals surface area (Å²) in [6.07, 6.45) is 0. The van der Waals surface area contributed by atoms with Gasteiger partial charge in [0.05, 0.1) is 11.1 Å². The molecule has 0 unspecified atom stereocenters. The summed E-state index contributed by atoms with van der Waals surface area (Å²) in [5.41, 5.74) is 3.75. The van der Waals surface area contributed by atoms with Gasteiger partial charge in [-0.2, -0.15) is 0 Å². The molecule has 0 bridgehead atoms. The Morgan fingerprint density at radius 2 is 1.54 bits per heavy atom. The van der Waals surface area contributed by atoms with Crippen LogP contribution in [0.4, 0.5) is 0 Å². The molecule has 3 heteroatoms. The summed E-state index contributed by atoms with van der Waals surface area (Å²) in [4.78, 5) is 16.0. The SMILES string of the molecule is O=c1oc2ccccc2cc1-c1cccc2c1[nH]c1ccccc12. The zero-order chi connectivity index (χ0) is 16.1. The molecular weight excluding hydrogens is 298 g/mol. The van der Waals surface area contributed by atoms with E-state index in [0.29, 0.717) is 11.1 Å². The summed E-state index contributed by atoms with van der Waals surface area (Å²) in [6.45, 7) is 0. The number of benzene rings is 3. The van der Waals surface area contributed by atoms with Gasteiger partial charge in [-0.05, 0) is 18.2 Å². The van der Waals surface area contributed by atoms with E-state index in [1.165, 1.54) is 0 Å². The highest BCUT2D eigenvalue weighted by Crippen LogP contribution is 2.32. The van der Waals surface area contributed by atoms with Crippen molar-refractivity contribution in [3.8, 4) is 11.1 Å². The Morgan fingerprint density at radius 3 is 2.50 bits per heavy atom. The van der Waals surface area contributed by atoms with Crippen molar-refractivity contribution in [3.05, 3.63) is 83.2 Å². The van der Waals surface area contributed by atoms with Crippen molar-refractivity contribution in [2.75, 3.05) is 0 Å². The summed E-state index contributed by atoms with van der Waals surface area (Å²) in [5, 5.41) is 3.18. The number of H-pyrrole nitrogens is 1. The molecule has 0 atom stereocenters. The molecule has 5 aromatic rings. The molecule has 0 radical (unpaired) electrons. The molecule has 24 heavy (non-hydrogen) atoms. The average molecular weight is 311 g/mol. The lowest BCUT2D eigenvalue weighted by atomic mass is 10.0. The van der Waals surface area contributed by atoms with E-state index in [0.717, 1.165) is 32.8 Å². The first-order valence-electron chi connectivity index (χ1n) is 7.84. The van der Waals surface area contributed by atoms with Gasteiger partial charge in [-0.15, -0.1) is 0 Å². The number of nitrogens with one attached hydrogen (secondary N) is 1. The van der Waals surface area contributed by atoms with Gasteiger partial charge in [-0.1, -0.05) is 54.6 Å². The van der Waals surface area contributed by atoms with Gasteiger partial charge < -0.3 is 9.40 Å². The molecule has 2 aromatic heterocycles. The quantitative estimate of drug-likeness (QED) is 0.438. The van der Waals surface area contributed by atoms with Crippen molar-refractivity contribution >= 4 is 32.8 Å². The zero-order valence-corrected chi connectivity index (χ0v) is 12.7. The highest BCUT2D eigenvalue weighted by atomic mass is 16.4. The van der Waals surface area contributed by atoms with E-state index in [2.05, 4.69) is 17.1 Å². The number of hydrogen-bond acceptors (Lipinski definition) is 2. The lowest BCUT2D eigenvalue weighted by Crippen LogP contribution is -2.02. The minimum Gasteiger partial charge on any atom is -0.422 e. The first-order valence-corrected chi connectivity index (χ1v) is 7.84.